The molecule has 41 heavy (non-hydrogen) atoms. The van der Waals surface area contributed by atoms with Crippen molar-refractivity contribution >= 4 is 52.1 Å². The Kier molecular flexibility index (Phi) is 8.38. The van der Waals surface area contributed by atoms with Crippen LogP contribution in [-0.4, -0.2) is 51.5 Å². The highest BCUT2D eigenvalue weighted by Gasteiger charge is 2.22. The number of aromatic nitrogens is 1. The Balaban J connectivity index is 1.53. The minimum atomic E-state index is -1.26. The second kappa shape index (κ2) is 12.3. The highest BCUT2D eigenvalue weighted by molar-refractivity contribution is 6.08. The molecule has 4 aromatic rings. The average molecular weight is 557 g/mol. The zero-order valence-electron chi connectivity index (χ0n) is 21.4. The minimum absolute atomic E-state index is 0.00879. The molecule has 0 fully saturated rings. The molecule has 208 valence electrons. The van der Waals surface area contributed by atoms with Crippen molar-refractivity contribution in [1.29, 1.82) is 0 Å². The number of fused-ring (bicyclic) bond motifs is 1. The van der Waals surface area contributed by atoms with Crippen LogP contribution in [0.1, 0.15) is 26.4 Å². The highest BCUT2D eigenvalue weighted by atomic mass is 16.5. The monoisotopic (exact) mass is 556 g/mol. The number of carboxylic acid groups (broad SMARTS) is 2. The van der Waals surface area contributed by atoms with Gasteiger partial charge in [-0.25, -0.2) is 9.78 Å². The summed E-state index contributed by atoms with van der Waals surface area (Å²) in [5.74, 6) is 1.73. The second-order valence-corrected chi connectivity index (χ2v) is 8.68. The predicted octanol–water partition coefficient (Wildman–Crippen LogP) is 2.41. The SMILES string of the molecule is NN=C(N)Nc1ccc(C(=O)Oc2ccc3nc(C(=O)N(CC(=O)O)c4cccc(CC(=O)O)c4)ccc3c2)cc1. The molecule has 1 amide bonds. The summed E-state index contributed by atoms with van der Waals surface area (Å²) in [5.41, 5.74) is 7.37. The molecule has 3 aromatic carbocycles. The van der Waals surface area contributed by atoms with Gasteiger partial charge in [0.25, 0.3) is 5.91 Å². The number of hydrazone groups is 1. The predicted molar refractivity (Wildman–Crippen MR) is 150 cm³/mol. The van der Waals surface area contributed by atoms with Gasteiger partial charge in [-0.3, -0.25) is 19.3 Å². The molecule has 0 unspecified atom stereocenters. The second-order valence-electron chi connectivity index (χ2n) is 8.68. The van der Waals surface area contributed by atoms with Crippen molar-refractivity contribution in [2.75, 3.05) is 16.8 Å². The van der Waals surface area contributed by atoms with Crippen molar-refractivity contribution in [3.63, 3.8) is 0 Å². The van der Waals surface area contributed by atoms with Crippen LogP contribution in [0, 0.1) is 0 Å². The van der Waals surface area contributed by atoms with Gasteiger partial charge >= 0.3 is 17.9 Å². The Labute approximate surface area is 232 Å². The Bertz CT molecular complexity index is 1670. The zero-order chi connectivity index (χ0) is 29.5. The van der Waals surface area contributed by atoms with Crippen molar-refractivity contribution in [2.24, 2.45) is 16.7 Å². The summed E-state index contributed by atoms with van der Waals surface area (Å²) in [7, 11) is 0. The molecule has 0 spiro atoms. The minimum Gasteiger partial charge on any atom is -0.481 e. The number of amides is 1. The molecular formula is C28H24N6O7. The fraction of sp³-hybridized carbons (Fsp3) is 0.0714. The number of guanidine groups is 1. The molecule has 0 bridgehead atoms. The van der Waals surface area contributed by atoms with Gasteiger partial charge in [0.1, 0.15) is 18.0 Å². The average Bonchev–Trinajstić information content (AvgIpc) is 2.95. The van der Waals surface area contributed by atoms with E-state index in [0.29, 0.717) is 22.2 Å². The lowest BCUT2D eigenvalue weighted by Crippen LogP contribution is -2.36. The molecule has 0 atom stereocenters. The summed E-state index contributed by atoms with van der Waals surface area (Å²) >= 11 is 0. The van der Waals surface area contributed by atoms with Crippen LogP contribution >= 0.6 is 0 Å². The summed E-state index contributed by atoms with van der Waals surface area (Å²) in [4.78, 5) is 53.9. The van der Waals surface area contributed by atoms with Crippen LogP contribution in [0.3, 0.4) is 0 Å². The molecule has 0 aliphatic heterocycles. The van der Waals surface area contributed by atoms with Crippen LogP contribution in [0.15, 0.2) is 84.0 Å². The van der Waals surface area contributed by atoms with Gasteiger partial charge in [-0.15, -0.1) is 5.10 Å². The maximum absolute atomic E-state index is 13.3. The first-order valence-corrected chi connectivity index (χ1v) is 12.0. The Morgan fingerprint density at radius 3 is 2.37 bits per heavy atom. The van der Waals surface area contributed by atoms with Crippen LogP contribution in [-0.2, 0) is 16.0 Å². The van der Waals surface area contributed by atoms with Crippen molar-refractivity contribution < 1.29 is 34.1 Å². The van der Waals surface area contributed by atoms with E-state index in [0.717, 1.165) is 4.90 Å². The number of nitrogens with two attached hydrogens (primary N) is 2. The smallest absolute Gasteiger partial charge is 0.343 e. The van der Waals surface area contributed by atoms with Crippen molar-refractivity contribution in [1.82, 2.24) is 4.98 Å². The number of esters is 1. The van der Waals surface area contributed by atoms with Gasteiger partial charge in [0.15, 0.2) is 0 Å². The molecule has 0 aliphatic carbocycles. The van der Waals surface area contributed by atoms with Gasteiger partial charge in [-0.05, 0) is 66.2 Å². The molecule has 4 rings (SSSR count). The van der Waals surface area contributed by atoms with E-state index in [1.165, 1.54) is 36.4 Å². The van der Waals surface area contributed by atoms with E-state index < -0.39 is 30.4 Å². The lowest BCUT2D eigenvalue weighted by molar-refractivity contribution is -0.136. The molecule has 0 aliphatic rings. The van der Waals surface area contributed by atoms with E-state index in [-0.39, 0.29) is 35.1 Å². The molecule has 7 N–H and O–H groups in total. The fourth-order valence-electron chi connectivity index (χ4n) is 3.88. The van der Waals surface area contributed by atoms with Crippen LogP contribution in [0.2, 0.25) is 0 Å². The first-order chi connectivity index (χ1) is 19.6. The lowest BCUT2D eigenvalue weighted by atomic mass is 10.1. The molecule has 13 nitrogen and oxygen atoms in total. The maximum Gasteiger partial charge on any atom is 0.343 e. The Hall–Kier alpha value is -5.98. The van der Waals surface area contributed by atoms with Gasteiger partial charge in [0.05, 0.1) is 17.5 Å². The summed E-state index contributed by atoms with van der Waals surface area (Å²) in [6.45, 7) is -0.658. The number of carbonyl (C=O) groups is 4. The third-order valence-electron chi connectivity index (χ3n) is 5.74. The standard InChI is InChI=1S/C28H24N6O7/c29-28(33-30)31-19-7-4-17(5-8-19)27(40)41-21-9-11-22-18(14-21)6-10-23(32-22)26(39)34(15-25(37)38)20-3-1-2-16(12-20)13-24(35)36/h1-12,14H,13,15,30H2,(H,35,36)(H,37,38)(H3,29,31,33). The molecule has 0 saturated heterocycles. The molecular weight excluding hydrogens is 532 g/mol. The quantitative estimate of drug-likeness (QED) is 0.0504. The number of nitrogens with one attached hydrogen (secondary N) is 1. The number of pyridine rings is 1. The van der Waals surface area contributed by atoms with E-state index in [1.807, 2.05) is 0 Å². The van der Waals surface area contributed by atoms with Crippen molar-refractivity contribution in [2.45, 2.75) is 6.42 Å². The van der Waals surface area contributed by atoms with E-state index in [9.17, 15) is 24.3 Å². The zero-order valence-corrected chi connectivity index (χ0v) is 21.4. The summed E-state index contributed by atoms with van der Waals surface area (Å²) < 4.78 is 5.47. The van der Waals surface area contributed by atoms with Gasteiger partial charge < -0.3 is 31.8 Å². The van der Waals surface area contributed by atoms with Gasteiger partial charge in [0, 0.05) is 16.8 Å². The number of ether oxygens (including phenoxy) is 1. The largest absolute Gasteiger partial charge is 0.481 e. The number of aliphatic carboxylic acids is 2. The normalized spacial score (nSPS) is 11.1. The number of hydrogen-bond donors (Lipinski definition) is 5. The maximum atomic E-state index is 13.3. The summed E-state index contributed by atoms with van der Waals surface area (Å²) in [5, 5.41) is 25.1. The summed E-state index contributed by atoms with van der Waals surface area (Å²) in [6, 6.07) is 20.0. The number of carbonyl (C=O) groups excluding carboxylic acids is 2. The third kappa shape index (κ3) is 7.11. The molecule has 13 heteroatoms. The van der Waals surface area contributed by atoms with Crippen molar-refractivity contribution in [3.8, 4) is 5.75 Å². The lowest BCUT2D eigenvalue weighted by Gasteiger charge is -2.21. The van der Waals surface area contributed by atoms with E-state index in [2.05, 4.69) is 15.4 Å². The number of anilines is 2. The van der Waals surface area contributed by atoms with E-state index >= 15 is 0 Å². The molecule has 1 heterocycles. The molecule has 0 saturated carbocycles. The molecule has 0 radical (unpaired) electrons. The Morgan fingerprint density at radius 2 is 1.68 bits per heavy atom. The van der Waals surface area contributed by atoms with E-state index in [1.54, 1.807) is 42.5 Å². The van der Waals surface area contributed by atoms with Crippen molar-refractivity contribution in [3.05, 3.63) is 95.7 Å². The first kappa shape index (κ1) is 28.0. The first-order valence-electron chi connectivity index (χ1n) is 12.0. The third-order valence-corrected chi connectivity index (χ3v) is 5.74. The fourth-order valence-corrected chi connectivity index (χ4v) is 3.88. The van der Waals surface area contributed by atoms with Gasteiger partial charge in [-0.1, -0.05) is 18.2 Å². The van der Waals surface area contributed by atoms with Crippen LogP contribution in [0.25, 0.3) is 10.9 Å². The number of carboxylic acids is 2. The van der Waals surface area contributed by atoms with Crippen LogP contribution in [0.5, 0.6) is 5.75 Å². The van der Waals surface area contributed by atoms with Crippen LogP contribution < -0.4 is 26.5 Å². The summed E-state index contributed by atoms with van der Waals surface area (Å²) in [6.07, 6.45) is -0.286. The van der Waals surface area contributed by atoms with Gasteiger partial charge in [-0.2, -0.15) is 0 Å². The van der Waals surface area contributed by atoms with Gasteiger partial charge in [0.2, 0.25) is 5.96 Å². The van der Waals surface area contributed by atoms with Crippen LogP contribution in [0.4, 0.5) is 11.4 Å². The van der Waals surface area contributed by atoms with E-state index in [4.69, 9.17) is 21.4 Å². The Morgan fingerprint density at radius 1 is 0.927 bits per heavy atom. The topological polar surface area (TPSA) is 211 Å². The number of benzene rings is 3. The number of hydrogen-bond acceptors (Lipinski definition) is 8. The highest BCUT2D eigenvalue weighted by Crippen LogP contribution is 2.24. The number of nitrogens with zero attached hydrogens (tertiary/aromatic N) is 3. The molecule has 1 aromatic heterocycles. The number of rotatable bonds is 9.